The molecule has 2 heterocycles. The third-order valence-electron chi connectivity index (χ3n) is 5.10. The number of fused-ring (bicyclic) bond motifs is 3. The lowest BCUT2D eigenvalue weighted by Crippen LogP contribution is -2.38. The fourth-order valence-electron chi connectivity index (χ4n) is 4.08. The van der Waals surface area contributed by atoms with Crippen LogP contribution in [0.2, 0.25) is 0 Å². The number of hydrogen-bond acceptors (Lipinski definition) is 2. The second-order valence-electron chi connectivity index (χ2n) is 7.03. The topological polar surface area (TPSA) is 57.2 Å². The van der Waals surface area contributed by atoms with Crippen molar-refractivity contribution in [3.8, 4) is 0 Å². The summed E-state index contributed by atoms with van der Waals surface area (Å²) in [6, 6.07) is 8.54. The Morgan fingerprint density at radius 3 is 2.83 bits per heavy atom. The van der Waals surface area contributed by atoms with Crippen LogP contribution in [0.25, 0.3) is 10.9 Å². The summed E-state index contributed by atoms with van der Waals surface area (Å²) >= 11 is 0. The Bertz CT molecular complexity index is 735. The van der Waals surface area contributed by atoms with Gasteiger partial charge in [0.05, 0.1) is 18.7 Å². The van der Waals surface area contributed by atoms with Crippen LogP contribution < -0.4 is 5.73 Å². The van der Waals surface area contributed by atoms with Crippen molar-refractivity contribution in [1.29, 1.82) is 0 Å². The van der Waals surface area contributed by atoms with E-state index in [4.69, 9.17) is 10.5 Å². The zero-order valence-electron chi connectivity index (χ0n) is 14.8. The lowest BCUT2D eigenvalue weighted by molar-refractivity contribution is -0.127. The van der Waals surface area contributed by atoms with Gasteiger partial charge in [0.15, 0.2) is 0 Å². The zero-order valence-corrected chi connectivity index (χ0v) is 14.8. The molecule has 1 unspecified atom stereocenters. The highest BCUT2D eigenvalue weighted by Crippen LogP contribution is 2.41. The molecule has 0 saturated carbocycles. The quantitative estimate of drug-likeness (QED) is 0.784. The van der Waals surface area contributed by atoms with Crippen molar-refractivity contribution in [2.24, 2.45) is 5.73 Å². The second-order valence-corrected chi connectivity index (χ2v) is 7.03. The zero-order chi connectivity index (χ0) is 17.2. The molecule has 3 rings (SSSR count). The van der Waals surface area contributed by atoms with Gasteiger partial charge < -0.3 is 15.0 Å². The summed E-state index contributed by atoms with van der Waals surface area (Å²) < 4.78 is 8.46. The van der Waals surface area contributed by atoms with Crippen molar-refractivity contribution in [3.63, 3.8) is 0 Å². The number of rotatable bonds is 7. The Balaban J connectivity index is 2.07. The van der Waals surface area contributed by atoms with Crippen molar-refractivity contribution in [2.75, 3.05) is 6.61 Å². The first-order chi connectivity index (χ1) is 11.6. The summed E-state index contributed by atoms with van der Waals surface area (Å²) in [7, 11) is 0. The van der Waals surface area contributed by atoms with Gasteiger partial charge in [-0.25, -0.2) is 0 Å². The number of nitrogens with zero attached hydrogens (tertiary/aromatic N) is 1. The molecule has 4 nitrogen and oxygen atoms in total. The van der Waals surface area contributed by atoms with Crippen molar-refractivity contribution in [2.45, 2.75) is 64.5 Å². The number of aromatic nitrogens is 1. The van der Waals surface area contributed by atoms with E-state index in [1.165, 1.54) is 35.7 Å². The highest BCUT2D eigenvalue weighted by molar-refractivity contribution is 5.87. The van der Waals surface area contributed by atoms with Crippen LogP contribution >= 0.6 is 0 Å². The largest absolute Gasteiger partial charge is 0.370 e. The van der Waals surface area contributed by atoms with Crippen LogP contribution in [-0.2, 0) is 28.1 Å². The van der Waals surface area contributed by atoms with Crippen LogP contribution in [0, 0.1) is 0 Å². The standard InChI is InChI=1S/C20H28N2O2/c1-3-4-5-8-12-22-17-10-7-6-9-15(17)16-11-13-24-20(2,19(16)22)14-18(21)23/h6-7,9-10H,3-5,8,11-14H2,1-2H3,(H2,21,23). The maximum absolute atomic E-state index is 11.6. The summed E-state index contributed by atoms with van der Waals surface area (Å²) in [5, 5.41) is 1.29. The minimum Gasteiger partial charge on any atom is -0.370 e. The summed E-state index contributed by atoms with van der Waals surface area (Å²) in [5.41, 5.74) is 8.64. The molecule has 1 aliphatic heterocycles. The SMILES string of the molecule is CCCCCCn1c2c(c3ccccc31)CCOC2(C)CC(N)=O. The molecule has 0 spiro atoms. The molecule has 1 aromatic carbocycles. The Kier molecular flexibility index (Phi) is 4.95. The number of nitrogens with two attached hydrogens (primary N) is 1. The molecule has 1 amide bonds. The number of carbonyl (C=O) groups is 1. The smallest absolute Gasteiger partial charge is 0.220 e. The van der Waals surface area contributed by atoms with E-state index in [-0.39, 0.29) is 12.3 Å². The van der Waals surface area contributed by atoms with Gasteiger partial charge >= 0.3 is 0 Å². The number of amides is 1. The Morgan fingerprint density at radius 2 is 2.08 bits per heavy atom. The number of ether oxygens (including phenoxy) is 1. The van der Waals surface area contributed by atoms with Crippen LogP contribution in [0.15, 0.2) is 24.3 Å². The molecule has 24 heavy (non-hydrogen) atoms. The molecular weight excluding hydrogens is 300 g/mol. The number of primary amides is 1. The van der Waals surface area contributed by atoms with Gasteiger partial charge in [0.25, 0.3) is 0 Å². The van der Waals surface area contributed by atoms with Gasteiger partial charge in [0.1, 0.15) is 5.60 Å². The minimum absolute atomic E-state index is 0.227. The van der Waals surface area contributed by atoms with E-state index < -0.39 is 5.60 Å². The Morgan fingerprint density at radius 1 is 1.29 bits per heavy atom. The fraction of sp³-hybridized carbons (Fsp3) is 0.550. The number of benzene rings is 1. The number of unbranched alkanes of at least 4 members (excludes halogenated alkanes) is 3. The molecule has 0 aliphatic carbocycles. The van der Waals surface area contributed by atoms with Gasteiger partial charge in [-0.2, -0.15) is 0 Å². The maximum Gasteiger partial charge on any atom is 0.220 e. The van der Waals surface area contributed by atoms with Gasteiger partial charge in [-0.1, -0.05) is 44.4 Å². The number of para-hydroxylation sites is 1. The average Bonchev–Trinajstić information content (AvgIpc) is 2.87. The van der Waals surface area contributed by atoms with E-state index in [0.29, 0.717) is 6.61 Å². The van der Waals surface area contributed by atoms with E-state index in [1.54, 1.807) is 0 Å². The van der Waals surface area contributed by atoms with E-state index in [1.807, 2.05) is 6.92 Å². The third kappa shape index (κ3) is 3.07. The van der Waals surface area contributed by atoms with E-state index in [2.05, 4.69) is 35.8 Å². The first-order valence-electron chi connectivity index (χ1n) is 9.09. The molecule has 2 N–H and O–H groups in total. The normalized spacial score (nSPS) is 20.2. The minimum atomic E-state index is -0.622. The van der Waals surface area contributed by atoms with Crippen LogP contribution in [0.5, 0.6) is 0 Å². The van der Waals surface area contributed by atoms with Gasteiger partial charge in [-0.15, -0.1) is 0 Å². The van der Waals surface area contributed by atoms with Crippen molar-refractivity contribution < 1.29 is 9.53 Å². The van der Waals surface area contributed by atoms with Gasteiger partial charge in [-0.3, -0.25) is 4.79 Å². The highest BCUT2D eigenvalue weighted by Gasteiger charge is 2.39. The molecule has 1 atom stereocenters. The molecule has 0 fully saturated rings. The predicted octanol–water partition coefficient (Wildman–Crippen LogP) is 3.88. The van der Waals surface area contributed by atoms with Crippen molar-refractivity contribution in [1.82, 2.24) is 4.57 Å². The predicted molar refractivity (Wildman–Crippen MR) is 96.9 cm³/mol. The lowest BCUT2D eigenvalue weighted by atomic mass is 9.89. The van der Waals surface area contributed by atoms with E-state index in [0.717, 1.165) is 25.1 Å². The second kappa shape index (κ2) is 6.98. The first kappa shape index (κ1) is 17.0. The molecule has 4 heteroatoms. The summed E-state index contributed by atoms with van der Waals surface area (Å²) in [6.07, 6.45) is 5.98. The Hall–Kier alpha value is -1.81. The van der Waals surface area contributed by atoms with Gasteiger partial charge in [0, 0.05) is 17.4 Å². The van der Waals surface area contributed by atoms with Crippen LogP contribution in [-0.4, -0.2) is 17.1 Å². The summed E-state index contributed by atoms with van der Waals surface area (Å²) in [5.74, 6) is -0.312. The number of aryl methyl sites for hydroxylation is 1. The van der Waals surface area contributed by atoms with Crippen molar-refractivity contribution >= 4 is 16.8 Å². The molecule has 2 aromatic rings. The summed E-state index contributed by atoms with van der Waals surface area (Å²) in [6.45, 7) is 5.84. The van der Waals surface area contributed by atoms with Crippen LogP contribution in [0.3, 0.4) is 0 Å². The molecule has 130 valence electrons. The van der Waals surface area contributed by atoms with Crippen LogP contribution in [0.1, 0.15) is 57.2 Å². The molecule has 0 saturated heterocycles. The first-order valence-corrected chi connectivity index (χ1v) is 9.09. The van der Waals surface area contributed by atoms with Crippen molar-refractivity contribution in [3.05, 3.63) is 35.5 Å². The van der Waals surface area contributed by atoms with E-state index in [9.17, 15) is 4.79 Å². The van der Waals surface area contributed by atoms with E-state index >= 15 is 0 Å². The molecule has 1 aromatic heterocycles. The Labute approximate surface area is 144 Å². The lowest BCUT2D eigenvalue weighted by Gasteiger charge is -2.35. The van der Waals surface area contributed by atoms with Gasteiger partial charge in [0.2, 0.25) is 5.91 Å². The molecule has 1 aliphatic rings. The number of carbonyl (C=O) groups excluding carboxylic acids is 1. The van der Waals surface area contributed by atoms with Crippen LogP contribution in [0.4, 0.5) is 0 Å². The molecule has 0 radical (unpaired) electrons. The monoisotopic (exact) mass is 328 g/mol. The highest BCUT2D eigenvalue weighted by atomic mass is 16.5. The van der Waals surface area contributed by atoms with Gasteiger partial charge in [-0.05, 0) is 31.4 Å². The fourth-order valence-corrected chi connectivity index (χ4v) is 4.08. The number of hydrogen-bond donors (Lipinski definition) is 1. The maximum atomic E-state index is 11.6. The third-order valence-corrected chi connectivity index (χ3v) is 5.10. The molecule has 0 bridgehead atoms. The molecular formula is C20H28N2O2. The average molecular weight is 328 g/mol. The summed E-state index contributed by atoms with van der Waals surface area (Å²) in [4.78, 5) is 11.6.